The highest BCUT2D eigenvalue weighted by atomic mass is 32.2. The standard InChI is InChI=1S/C63H83FN14O7S/c1-40-33-75(24-23-74(40)35-48-36-77(60(81)85-61(5,6)7)41(2)34-76(48)37-55(79)78-38-63(11,12)56-51(78)28-45(31-66-56)27-44-13-16-47(64)17-14-44)59(80)46-15-18-54(65-32-46)73-21-19-72(20-22-73)25-26-84-52-30-50-49(29-53(52)86(82,83)62(8,9)10)58(68-39-67-50)69-57-42(3)43(4)70-71-57/h13-18,28-32,39-41,48H,19-27,33-38H2,1-12H3,(H2,67,68,69,70,71)/t40-,41-,48+/m1/s1. The van der Waals surface area contributed by atoms with Gasteiger partial charge in [0.25, 0.3) is 5.91 Å². The first-order valence-electron chi connectivity index (χ1n) is 29.8. The number of aryl methyl sites for hydroxylation is 1. The minimum Gasteiger partial charge on any atom is -0.491 e. The van der Waals surface area contributed by atoms with Gasteiger partial charge >= 0.3 is 6.09 Å². The molecule has 0 spiro atoms. The maximum Gasteiger partial charge on any atom is 0.410 e. The summed E-state index contributed by atoms with van der Waals surface area (Å²) in [5, 5.41) is 11.1. The van der Waals surface area contributed by atoms with Crippen LogP contribution in [0.1, 0.15) is 108 Å². The summed E-state index contributed by atoms with van der Waals surface area (Å²) in [6.07, 6.45) is 5.12. The molecule has 21 nitrogen and oxygen atoms in total. The van der Waals surface area contributed by atoms with E-state index in [1.54, 1.807) is 56.1 Å². The van der Waals surface area contributed by atoms with Crippen LogP contribution in [0.5, 0.6) is 5.75 Å². The first-order chi connectivity index (χ1) is 40.6. The molecule has 0 bridgehead atoms. The van der Waals surface area contributed by atoms with Crippen LogP contribution in [0.25, 0.3) is 10.9 Å². The number of aromatic amines is 1. The molecule has 2 N–H and O–H groups in total. The molecule has 23 heteroatoms. The Bertz CT molecular complexity index is 3580. The fraction of sp³-hybridized carbons (Fsp3) is 0.524. The summed E-state index contributed by atoms with van der Waals surface area (Å²) in [4.78, 5) is 75.8. The Labute approximate surface area is 504 Å². The molecule has 0 aliphatic carbocycles. The molecule has 3 atom stereocenters. The largest absolute Gasteiger partial charge is 0.491 e. The van der Waals surface area contributed by atoms with Gasteiger partial charge in [-0.3, -0.25) is 34.4 Å². The molecular formula is C63H83FN14O7S. The second-order valence-electron chi connectivity index (χ2n) is 26.2. The number of benzene rings is 2. The first-order valence-corrected chi connectivity index (χ1v) is 31.3. The number of fused-ring (bicyclic) bond motifs is 2. The van der Waals surface area contributed by atoms with Gasteiger partial charge in [0.1, 0.15) is 52.5 Å². The summed E-state index contributed by atoms with van der Waals surface area (Å²) in [7, 11) is -3.85. The second kappa shape index (κ2) is 24.4. The van der Waals surface area contributed by atoms with Gasteiger partial charge in [0.05, 0.1) is 39.4 Å². The molecule has 3 fully saturated rings. The number of aromatic nitrogens is 6. The Balaban J connectivity index is 0.743. The van der Waals surface area contributed by atoms with E-state index in [2.05, 4.69) is 65.9 Å². The monoisotopic (exact) mass is 1200 g/mol. The summed E-state index contributed by atoms with van der Waals surface area (Å²) in [5.74, 6) is 1.70. The molecule has 4 aromatic heterocycles. The third-order valence-electron chi connectivity index (χ3n) is 17.1. The Morgan fingerprint density at radius 3 is 2.23 bits per heavy atom. The van der Waals surface area contributed by atoms with E-state index >= 15 is 0 Å². The third kappa shape index (κ3) is 13.4. The number of piperazine rings is 3. The van der Waals surface area contributed by atoms with Gasteiger partial charge in [-0.1, -0.05) is 26.0 Å². The first kappa shape index (κ1) is 61.7. The maximum atomic E-state index is 14.7. The van der Waals surface area contributed by atoms with Crippen LogP contribution in [0.3, 0.4) is 0 Å². The van der Waals surface area contributed by atoms with E-state index in [9.17, 15) is 27.2 Å². The number of nitrogens with zero attached hydrogens (tertiary/aromatic N) is 12. The summed E-state index contributed by atoms with van der Waals surface area (Å²) in [6.45, 7) is 30.0. The van der Waals surface area contributed by atoms with E-state index in [1.165, 1.54) is 18.5 Å². The van der Waals surface area contributed by atoms with Crippen molar-refractivity contribution in [1.82, 2.24) is 54.6 Å². The molecule has 0 saturated carbocycles. The number of H-pyrrole nitrogens is 1. The fourth-order valence-corrected chi connectivity index (χ4v) is 13.2. The SMILES string of the molecule is Cc1n[nH]c(Nc2ncnc3cc(OCCN4CCN(c5ccc(C(=O)N6CCN(C[C@H]7CN(C(=O)OC(C)(C)C)[C@H](C)CN7CC(=O)N7CC(C)(C)c8ncc(Cc9ccc(F)cc9)cc87)[C@H](C)C6)cn5)CC4)c(S(=O)(=O)C(C)(C)C)cc23)c1C. The molecule has 10 rings (SSSR count). The van der Waals surface area contributed by atoms with E-state index in [-0.39, 0.29) is 71.1 Å². The minimum atomic E-state index is -3.85. The average Bonchev–Trinajstić information content (AvgIpc) is 1.57. The molecule has 8 heterocycles. The lowest BCUT2D eigenvalue weighted by Gasteiger charge is -2.48. The van der Waals surface area contributed by atoms with Crippen molar-refractivity contribution in [3.8, 4) is 5.75 Å². The lowest BCUT2D eigenvalue weighted by atomic mass is 9.91. The highest BCUT2D eigenvalue weighted by Crippen LogP contribution is 2.41. The van der Waals surface area contributed by atoms with Crippen LogP contribution < -0.4 is 19.9 Å². The number of pyridine rings is 2. The van der Waals surface area contributed by atoms with Gasteiger partial charge in [0, 0.05) is 131 Å². The lowest BCUT2D eigenvalue weighted by molar-refractivity contribution is -0.121. The van der Waals surface area contributed by atoms with Crippen LogP contribution in [0.2, 0.25) is 0 Å². The number of amides is 3. The lowest BCUT2D eigenvalue weighted by Crippen LogP contribution is -2.65. The van der Waals surface area contributed by atoms with Crippen molar-refractivity contribution in [3.05, 3.63) is 113 Å². The highest BCUT2D eigenvalue weighted by molar-refractivity contribution is 7.92. The van der Waals surface area contributed by atoms with E-state index < -0.39 is 20.2 Å². The van der Waals surface area contributed by atoms with Gasteiger partial charge in [0.15, 0.2) is 9.84 Å². The van der Waals surface area contributed by atoms with Gasteiger partial charge in [0.2, 0.25) is 5.91 Å². The summed E-state index contributed by atoms with van der Waals surface area (Å²) in [5.41, 5.74) is 5.28. The predicted molar refractivity (Wildman–Crippen MR) is 330 cm³/mol. The number of hydrogen-bond acceptors (Lipinski definition) is 17. The summed E-state index contributed by atoms with van der Waals surface area (Å²) >= 11 is 0. The fourth-order valence-electron chi connectivity index (χ4n) is 11.9. The van der Waals surface area contributed by atoms with Crippen molar-refractivity contribution < 1.29 is 36.7 Å². The molecule has 6 aromatic rings. The van der Waals surface area contributed by atoms with Crippen molar-refractivity contribution in [2.24, 2.45) is 0 Å². The maximum absolute atomic E-state index is 14.7. The van der Waals surface area contributed by atoms with Crippen molar-refractivity contribution in [2.75, 3.05) is 107 Å². The number of anilines is 4. The Morgan fingerprint density at radius 2 is 1.57 bits per heavy atom. The Hall–Kier alpha value is -7.34. The van der Waals surface area contributed by atoms with E-state index in [1.807, 2.05) is 75.7 Å². The number of carbonyl (C=O) groups is 3. The average molecular weight is 1200 g/mol. The smallest absolute Gasteiger partial charge is 0.410 e. The quantitative estimate of drug-likeness (QED) is 0.100. The van der Waals surface area contributed by atoms with E-state index in [0.717, 1.165) is 52.7 Å². The second-order valence-corrected chi connectivity index (χ2v) is 28.9. The third-order valence-corrected chi connectivity index (χ3v) is 19.6. The van der Waals surface area contributed by atoms with Crippen molar-refractivity contribution >= 4 is 61.8 Å². The van der Waals surface area contributed by atoms with Crippen LogP contribution in [0, 0.1) is 19.7 Å². The van der Waals surface area contributed by atoms with Crippen molar-refractivity contribution in [2.45, 2.75) is 128 Å². The van der Waals surface area contributed by atoms with Crippen LogP contribution in [-0.4, -0.2) is 201 Å². The zero-order chi connectivity index (χ0) is 61.6. The highest BCUT2D eigenvalue weighted by Gasteiger charge is 2.44. The van der Waals surface area contributed by atoms with Crippen LogP contribution in [-0.2, 0) is 31.2 Å². The molecule has 4 aliphatic rings. The molecule has 3 amide bonds. The number of ether oxygens (including phenoxy) is 2. The topological polar surface area (TPSA) is 219 Å². The van der Waals surface area contributed by atoms with Gasteiger partial charge in [-0.25, -0.2) is 32.6 Å². The Kier molecular flexibility index (Phi) is 17.5. The number of hydrogen-bond donors (Lipinski definition) is 2. The Morgan fingerprint density at radius 1 is 0.826 bits per heavy atom. The zero-order valence-corrected chi connectivity index (χ0v) is 52.6. The van der Waals surface area contributed by atoms with Crippen LogP contribution in [0.4, 0.5) is 32.3 Å². The van der Waals surface area contributed by atoms with Crippen molar-refractivity contribution in [3.63, 3.8) is 0 Å². The molecule has 3 saturated heterocycles. The van der Waals surface area contributed by atoms with E-state index in [0.29, 0.717) is 100.0 Å². The van der Waals surface area contributed by atoms with Crippen LogP contribution >= 0.6 is 0 Å². The number of rotatable bonds is 15. The number of halogens is 1. The summed E-state index contributed by atoms with van der Waals surface area (Å²) < 4.78 is 53.0. The minimum absolute atomic E-state index is 0.0239. The van der Waals surface area contributed by atoms with E-state index in [4.69, 9.17) is 19.4 Å². The van der Waals surface area contributed by atoms with Crippen LogP contribution in [0.15, 0.2) is 78.2 Å². The van der Waals surface area contributed by atoms with Gasteiger partial charge in [-0.2, -0.15) is 5.10 Å². The molecule has 0 unspecified atom stereocenters. The molecular weight excluding hydrogens is 1120 g/mol. The normalized spacial score (nSPS) is 19.9. The molecule has 460 valence electrons. The molecule has 2 aromatic carbocycles. The molecule has 86 heavy (non-hydrogen) atoms. The summed E-state index contributed by atoms with van der Waals surface area (Å²) in [6, 6.07) is 15.1. The number of sulfone groups is 1. The van der Waals surface area contributed by atoms with Crippen molar-refractivity contribution in [1.29, 1.82) is 0 Å². The zero-order valence-electron chi connectivity index (χ0n) is 51.8. The molecule has 4 aliphatic heterocycles. The predicted octanol–water partition coefficient (Wildman–Crippen LogP) is 7.79. The number of carbonyl (C=O) groups excluding carboxylic acids is 3. The van der Waals surface area contributed by atoms with Gasteiger partial charge < -0.3 is 34.4 Å². The number of nitrogens with one attached hydrogen (secondary N) is 2. The molecule has 0 radical (unpaired) electrons. The van der Waals surface area contributed by atoms with Gasteiger partial charge in [-0.15, -0.1) is 0 Å². The van der Waals surface area contributed by atoms with Gasteiger partial charge in [-0.05, 0) is 123 Å².